The molecule has 3 rings (SSSR count). The fourth-order valence-corrected chi connectivity index (χ4v) is 3.34. The zero-order valence-electron chi connectivity index (χ0n) is 11.5. The Morgan fingerprint density at radius 3 is 2.50 bits per heavy atom. The van der Waals surface area contributed by atoms with Gasteiger partial charge in [-0.15, -0.1) is 12.4 Å². The Labute approximate surface area is 117 Å². The monoisotopic (exact) mass is 265 g/mol. The van der Waals surface area contributed by atoms with Crippen LogP contribution in [0.15, 0.2) is 18.2 Å². The van der Waals surface area contributed by atoms with Crippen LogP contribution in [0.25, 0.3) is 0 Å². The van der Waals surface area contributed by atoms with E-state index >= 15 is 0 Å². The molecule has 0 bridgehead atoms. The SMILES string of the molecule is CN(C)[C@@H]1CCc2cccc(C3CCC3)c2C1.Cl. The van der Waals surface area contributed by atoms with Gasteiger partial charge in [-0.05, 0) is 68.8 Å². The predicted octanol–water partition coefficient (Wildman–Crippen LogP) is 3.79. The predicted molar refractivity (Wildman–Crippen MR) is 79.8 cm³/mol. The third-order valence-electron chi connectivity index (χ3n) is 4.77. The molecule has 0 unspecified atom stereocenters. The highest BCUT2D eigenvalue weighted by Crippen LogP contribution is 2.40. The lowest BCUT2D eigenvalue weighted by Crippen LogP contribution is -2.34. The summed E-state index contributed by atoms with van der Waals surface area (Å²) in [5.41, 5.74) is 5.01. The van der Waals surface area contributed by atoms with Gasteiger partial charge in [-0.1, -0.05) is 24.6 Å². The second-order valence-corrected chi connectivity index (χ2v) is 5.97. The number of hydrogen-bond donors (Lipinski definition) is 0. The number of halogens is 1. The normalized spacial score (nSPS) is 23.2. The highest BCUT2D eigenvalue weighted by Gasteiger charge is 2.27. The van der Waals surface area contributed by atoms with Crippen LogP contribution in [-0.4, -0.2) is 25.0 Å². The van der Waals surface area contributed by atoms with E-state index in [9.17, 15) is 0 Å². The number of nitrogens with zero attached hydrogens (tertiary/aromatic N) is 1. The number of hydrogen-bond acceptors (Lipinski definition) is 1. The molecule has 1 fully saturated rings. The zero-order chi connectivity index (χ0) is 11.8. The Morgan fingerprint density at radius 2 is 1.89 bits per heavy atom. The molecule has 1 nitrogen and oxygen atoms in total. The molecule has 0 aromatic heterocycles. The van der Waals surface area contributed by atoms with E-state index in [0.29, 0.717) is 0 Å². The Hall–Kier alpha value is -0.530. The van der Waals surface area contributed by atoms with Gasteiger partial charge in [-0.2, -0.15) is 0 Å². The maximum absolute atomic E-state index is 2.40. The molecule has 0 aliphatic heterocycles. The first kappa shape index (κ1) is 13.9. The van der Waals surface area contributed by atoms with Gasteiger partial charge in [-0.3, -0.25) is 0 Å². The molecule has 1 atom stereocenters. The summed E-state index contributed by atoms with van der Waals surface area (Å²) < 4.78 is 0. The summed E-state index contributed by atoms with van der Waals surface area (Å²) >= 11 is 0. The van der Waals surface area contributed by atoms with Crippen LogP contribution in [0.3, 0.4) is 0 Å². The van der Waals surface area contributed by atoms with Crippen LogP contribution in [0, 0.1) is 0 Å². The Balaban J connectivity index is 0.00000120. The van der Waals surface area contributed by atoms with Gasteiger partial charge in [0.2, 0.25) is 0 Å². The molecule has 2 aliphatic rings. The van der Waals surface area contributed by atoms with Gasteiger partial charge >= 0.3 is 0 Å². The summed E-state index contributed by atoms with van der Waals surface area (Å²) in [6.45, 7) is 0. The molecule has 1 saturated carbocycles. The highest BCUT2D eigenvalue weighted by atomic mass is 35.5. The van der Waals surface area contributed by atoms with E-state index in [0.717, 1.165) is 12.0 Å². The maximum atomic E-state index is 2.40. The van der Waals surface area contributed by atoms with Crippen molar-refractivity contribution in [3.8, 4) is 0 Å². The summed E-state index contributed by atoms with van der Waals surface area (Å²) in [6.07, 6.45) is 8.15. The minimum atomic E-state index is 0. The van der Waals surface area contributed by atoms with Gasteiger partial charge < -0.3 is 4.90 Å². The third kappa shape index (κ3) is 2.44. The molecule has 1 aromatic carbocycles. The molecule has 0 radical (unpaired) electrons. The number of likely N-dealkylation sites (N-methyl/N-ethyl adjacent to an activating group) is 1. The topological polar surface area (TPSA) is 3.24 Å². The molecule has 0 N–H and O–H groups in total. The quantitative estimate of drug-likeness (QED) is 0.786. The number of aryl methyl sites for hydroxylation is 1. The molecule has 18 heavy (non-hydrogen) atoms. The van der Waals surface area contributed by atoms with Crippen molar-refractivity contribution in [2.45, 2.75) is 50.5 Å². The third-order valence-corrected chi connectivity index (χ3v) is 4.77. The largest absolute Gasteiger partial charge is 0.306 e. The summed E-state index contributed by atoms with van der Waals surface area (Å²) in [7, 11) is 4.45. The smallest absolute Gasteiger partial charge is 0.0133 e. The zero-order valence-corrected chi connectivity index (χ0v) is 12.3. The van der Waals surface area contributed by atoms with E-state index in [2.05, 4.69) is 37.2 Å². The molecular formula is C16H24ClN. The van der Waals surface area contributed by atoms with Crippen molar-refractivity contribution in [3.05, 3.63) is 34.9 Å². The van der Waals surface area contributed by atoms with Crippen LogP contribution in [0.5, 0.6) is 0 Å². The van der Waals surface area contributed by atoms with Gasteiger partial charge in [0.25, 0.3) is 0 Å². The van der Waals surface area contributed by atoms with Crippen molar-refractivity contribution in [2.24, 2.45) is 0 Å². The van der Waals surface area contributed by atoms with Crippen LogP contribution >= 0.6 is 12.4 Å². The van der Waals surface area contributed by atoms with Crippen LogP contribution in [-0.2, 0) is 12.8 Å². The van der Waals surface area contributed by atoms with E-state index in [1.807, 2.05) is 0 Å². The minimum absolute atomic E-state index is 0. The molecule has 0 saturated heterocycles. The summed E-state index contributed by atoms with van der Waals surface area (Å²) in [6, 6.07) is 7.77. The van der Waals surface area contributed by atoms with Crippen molar-refractivity contribution in [2.75, 3.05) is 14.1 Å². The maximum Gasteiger partial charge on any atom is 0.0133 e. The van der Waals surface area contributed by atoms with Crippen LogP contribution < -0.4 is 0 Å². The van der Waals surface area contributed by atoms with Gasteiger partial charge in [0.15, 0.2) is 0 Å². The highest BCUT2D eigenvalue weighted by molar-refractivity contribution is 5.85. The second kappa shape index (κ2) is 5.63. The van der Waals surface area contributed by atoms with Crippen molar-refractivity contribution in [1.82, 2.24) is 4.90 Å². The minimum Gasteiger partial charge on any atom is -0.306 e. The van der Waals surface area contributed by atoms with Gasteiger partial charge in [0, 0.05) is 6.04 Å². The Bertz CT molecular complexity index is 410. The number of benzene rings is 1. The van der Waals surface area contributed by atoms with E-state index in [4.69, 9.17) is 0 Å². The van der Waals surface area contributed by atoms with Crippen molar-refractivity contribution in [3.63, 3.8) is 0 Å². The van der Waals surface area contributed by atoms with Crippen LogP contribution in [0.4, 0.5) is 0 Å². The van der Waals surface area contributed by atoms with E-state index in [1.165, 1.54) is 38.5 Å². The standard InChI is InChI=1S/C16H23N.ClH/c1-17(2)14-10-9-13-7-4-8-15(16(13)11-14)12-5-3-6-12;/h4,7-8,12,14H,3,5-6,9-11H2,1-2H3;1H/t14-;/m1./s1. The lowest BCUT2D eigenvalue weighted by molar-refractivity contribution is 0.266. The Morgan fingerprint density at radius 1 is 1.11 bits per heavy atom. The fourth-order valence-electron chi connectivity index (χ4n) is 3.34. The van der Waals surface area contributed by atoms with Gasteiger partial charge in [0.1, 0.15) is 0 Å². The van der Waals surface area contributed by atoms with Gasteiger partial charge in [0.05, 0.1) is 0 Å². The number of rotatable bonds is 2. The fraction of sp³-hybridized carbons (Fsp3) is 0.625. The van der Waals surface area contributed by atoms with E-state index in [-0.39, 0.29) is 12.4 Å². The summed E-state index contributed by atoms with van der Waals surface area (Å²) in [4.78, 5) is 2.40. The average Bonchev–Trinajstić information content (AvgIpc) is 2.26. The molecule has 0 heterocycles. The lowest BCUT2D eigenvalue weighted by Gasteiger charge is -2.35. The molecule has 2 aliphatic carbocycles. The van der Waals surface area contributed by atoms with Crippen molar-refractivity contribution in [1.29, 1.82) is 0 Å². The van der Waals surface area contributed by atoms with Crippen molar-refractivity contribution < 1.29 is 0 Å². The molecular weight excluding hydrogens is 242 g/mol. The van der Waals surface area contributed by atoms with Crippen LogP contribution in [0.2, 0.25) is 0 Å². The second-order valence-electron chi connectivity index (χ2n) is 5.97. The summed E-state index contributed by atoms with van der Waals surface area (Å²) in [5, 5.41) is 0. The lowest BCUT2D eigenvalue weighted by atomic mass is 9.74. The first-order chi connectivity index (χ1) is 8.25. The summed E-state index contributed by atoms with van der Waals surface area (Å²) in [5.74, 6) is 0.880. The molecule has 0 amide bonds. The average molecular weight is 266 g/mol. The molecule has 0 spiro atoms. The Kier molecular flexibility index (Phi) is 4.34. The van der Waals surface area contributed by atoms with E-state index < -0.39 is 0 Å². The van der Waals surface area contributed by atoms with Crippen LogP contribution in [0.1, 0.15) is 48.3 Å². The molecule has 1 aromatic rings. The van der Waals surface area contributed by atoms with E-state index in [1.54, 1.807) is 16.7 Å². The first-order valence-electron chi connectivity index (χ1n) is 7.03. The van der Waals surface area contributed by atoms with Gasteiger partial charge in [-0.25, -0.2) is 0 Å². The van der Waals surface area contributed by atoms with Crippen molar-refractivity contribution >= 4 is 12.4 Å². The molecule has 100 valence electrons. The first-order valence-corrected chi connectivity index (χ1v) is 7.03. The number of fused-ring (bicyclic) bond motifs is 1. The molecule has 2 heteroatoms.